The molecular weight excluding hydrogens is 192 g/mol. The van der Waals surface area contributed by atoms with E-state index in [4.69, 9.17) is 0 Å². The van der Waals surface area contributed by atoms with Gasteiger partial charge in [-0.15, -0.1) is 0 Å². The highest BCUT2D eigenvalue weighted by Gasteiger charge is 1.92. The normalized spacial score (nSPS) is 9.38. The van der Waals surface area contributed by atoms with Gasteiger partial charge in [0.25, 0.3) is 0 Å². The Bertz CT molecular complexity index is 226. The second-order valence-electron chi connectivity index (χ2n) is 3.08. The quantitative estimate of drug-likeness (QED) is 0.649. The van der Waals surface area contributed by atoms with Crippen LogP contribution in [-0.2, 0) is 10.5 Å². The molecule has 0 N–H and O–H groups in total. The molecule has 1 aromatic rings. The summed E-state index contributed by atoms with van der Waals surface area (Å²) in [5.74, 6) is 0. The Hall–Kier alpha value is -0.386. The average Bonchev–Trinajstić information content (AvgIpc) is 2.11. The molecule has 0 aliphatic heterocycles. The van der Waals surface area contributed by atoms with Crippen molar-refractivity contribution in [3.05, 3.63) is 35.4 Å². The van der Waals surface area contributed by atoms with Crippen molar-refractivity contribution in [1.82, 2.24) is 0 Å². The van der Waals surface area contributed by atoms with Crippen LogP contribution in [0.3, 0.4) is 0 Å². The van der Waals surface area contributed by atoms with E-state index in [1.807, 2.05) is 0 Å². The van der Waals surface area contributed by atoms with E-state index >= 15 is 0 Å². The van der Waals surface area contributed by atoms with Crippen LogP contribution in [0.5, 0.6) is 0 Å². The van der Waals surface area contributed by atoms with Gasteiger partial charge in [-0.05, 0) is 24.5 Å². The minimum atomic E-state index is 0.931. The maximum absolute atomic E-state index is 4.53. The topological polar surface area (TPSA) is 9.23 Å². The third-order valence-corrected chi connectivity index (χ3v) is 1.78. The van der Waals surface area contributed by atoms with Crippen molar-refractivity contribution in [2.45, 2.75) is 26.7 Å². The lowest BCUT2D eigenvalue weighted by atomic mass is 10.1. The largest absolute Gasteiger partial charge is 0.471 e. The summed E-state index contributed by atoms with van der Waals surface area (Å²) in [5.41, 5.74) is 2.91. The summed E-state index contributed by atoms with van der Waals surface area (Å²) in [4.78, 5) is 0. The van der Waals surface area contributed by atoms with Crippen LogP contribution in [0.15, 0.2) is 24.3 Å². The van der Waals surface area contributed by atoms with Crippen LogP contribution in [-0.4, -0.2) is 21.0 Å². The van der Waals surface area contributed by atoms with E-state index in [9.17, 15) is 0 Å². The SMILES string of the molecule is CCCc1ccccc1C.[SiH3]O[SiH3]. The lowest BCUT2D eigenvalue weighted by Crippen LogP contribution is -1.85. The van der Waals surface area contributed by atoms with Gasteiger partial charge in [-0.3, -0.25) is 0 Å². The van der Waals surface area contributed by atoms with Gasteiger partial charge in [0, 0.05) is 0 Å². The summed E-state index contributed by atoms with van der Waals surface area (Å²) in [7, 11) is 1.86. The number of rotatable bonds is 2. The van der Waals surface area contributed by atoms with Crippen LogP contribution in [0.4, 0.5) is 0 Å². The molecule has 0 atom stereocenters. The number of hydrogen-bond acceptors (Lipinski definition) is 1. The Morgan fingerprint density at radius 3 is 2.23 bits per heavy atom. The lowest BCUT2D eigenvalue weighted by Gasteiger charge is -2.01. The minimum absolute atomic E-state index is 0.931. The Morgan fingerprint density at radius 2 is 1.77 bits per heavy atom. The number of aryl methyl sites for hydroxylation is 2. The Labute approximate surface area is 87.6 Å². The van der Waals surface area contributed by atoms with Gasteiger partial charge < -0.3 is 4.12 Å². The van der Waals surface area contributed by atoms with Crippen molar-refractivity contribution in [2.75, 3.05) is 0 Å². The van der Waals surface area contributed by atoms with E-state index in [1.165, 1.54) is 24.0 Å². The van der Waals surface area contributed by atoms with Gasteiger partial charge >= 0.3 is 0 Å². The van der Waals surface area contributed by atoms with Crippen LogP contribution < -0.4 is 0 Å². The zero-order valence-corrected chi connectivity index (χ0v) is 13.1. The molecule has 0 amide bonds. The van der Waals surface area contributed by atoms with Gasteiger partial charge in [-0.25, -0.2) is 0 Å². The number of hydrogen-bond donors (Lipinski definition) is 0. The zero-order chi connectivity index (χ0) is 10.1. The fourth-order valence-electron chi connectivity index (χ4n) is 1.16. The van der Waals surface area contributed by atoms with E-state index in [2.05, 4.69) is 42.2 Å². The average molecular weight is 212 g/mol. The van der Waals surface area contributed by atoms with Crippen LogP contribution in [0.2, 0.25) is 0 Å². The molecule has 1 aromatic carbocycles. The molecule has 74 valence electrons. The second-order valence-corrected chi connectivity index (χ2v) is 6.35. The predicted octanol–water partition coefficient (Wildman–Crippen LogP) is 0.511. The zero-order valence-electron chi connectivity index (χ0n) is 9.13. The second kappa shape index (κ2) is 8.22. The molecule has 0 spiro atoms. The van der Waals surface area contributed by atoms with Gasteiger partial charge in [0.2, 0.25) is 0 Å². The molecule has 3 heteroatoms. The third kappa shape index (κ3) is 5.79. The Morgan fingerprint density at radius 1 is 1.23 bits per heavy atom. The summed E-state index contributed by atoms with van der Waals surface area (Å²) in [5, 5.41) is 0. The van der Waals surface area contributed by atoms with Crippen LogP contribution in [0, 0.1) is 6.92 Å². The summed E-state index contributed by atoms with van der Waals surface area (Å²) < 4.78 is 4.53. The van der Waals surface area contributed by atoms with Gasteiger partial charge in [0.15, 0.2) is 0 Å². The fourth-order valence-corrected chi connectivity index (χ4v) is 1.16. The molecule has 0 radical (unpaired) electrons. The highest BCUT2D eigenvalue weighted by molar-refractivity contribution is 6.15. The molecular formula is C10H20OSi2. The standard InChI is InChI=1S/C10H14.H6OSi2/c1-3-6-10-8-5-4-7-9(10)2;2-1-3/h4-5,7-8H,3,6H2,1-2H3;2-3H3. The molecule has 0 aromatic heterocycles. The molecule has 0 aliphatic rings. The third-order valence-electron chi connectivity index (χ3n) is 1.78. The highest BCUT2D eigenvalue weighted by Crippen LogP contribution is 2.08. The van der Waals surface area contributed by atoms with Crippen molar-refractivity contribution in [3.8, 4) is 0 Å². The summed E-state index contributed by atoms with van der Waals surface area (Å²) in [6.07, 6.45) is 2.46. The minimum Gasteiger partial charge on any atom is -0.471 e. The molecule has 13 heavy (non-hydrogen) atoms. The molecule has 0 unspecified atom stereocenters. The van der Waals surface area contributed by atoms with Crippen molar-refractivity contribution in [3.63, 3.8) is 0 Å². The van der Waals surface area contributed by atoms with Crippen LogP contribution >= 0.6 is 0 Å². The van der Waals surface area contributed by atoms with Crippen molar-refractivity contribution >= 4 is 21.0 Å². The molecule has 1 nitrogen and oxygen atoms in total. The van der Waals surface area contributed by atoms with Gasteiger partial charge in [0.1, 0.15) is 21.0 Å². The predicted molar refractivity (Wildman–Crippen MR) is 66.1 cm³/mol. The van der Waals surface area contributed by atoms with E-state index in [1.54, 1.807) is 0 Å². The molecule has 0 saturated heterocycles. The molecule has 0 heterocycles. The highest BCUT2D eigenvalue weighted by atomic mass is 28.3. The first-order chi connectivity index (χ1) is 6.26. The lowest BCUT2D eigenvalue weighted by molar-refractivity contribution is 0.690. The van der Waals surface area contributed by atoms with Crippen molar-refractivity contribution in [2.24, 2.45) is 0 Å². The van der Waals surface area contributed by atoms with E-state index in [0.717, 1.165) is 21.0 Å². The van der Waals surface area contributed by atoms with Crippen LogP contribution in [0.25, 0.3) is 0 Å². The summed E-state index contributed by atoms with van der Waals surface area (Å²) in [6.45, 7) is 4.39. The van der Waals surface area contributed by atoms with E-state index < -0.39 is 0 Å². The molecule has 0 aliphatic carbocycles. The van der Waals surface area contributed by atoms with Crippen molar-refractivity contribution < 1.29 is 4.12 Å². The van der Waals surface area contributed by atoms with Gasteiger partial charge in [-0.1, -0.05) is 37.6 Å². The first-order valence-electron chi connectivity index (χ1n) is 4.70. The summed E-state index contributed by atoms with van der Waals surface area (Å²) >= 11 is 0. The maximum Gasteiger partial charge on any atom is 0.129 e. The monoisotopic (exact) mass is 212 g/mol. The maximum atomic E-state index is 4.53. The number of benzene rings is 1. The molecule has 0 bridgehead atoms. The van der Waals surface area contributed by atoms with Gasteiger partial charge in [-0.2, -0.15) is 0 Å². The smallest absolute Gasteiger partial charge is 0.129 e. The Kier molecular flexibility index (Phi) is 7.98. The fraction of sp³-hybridized carbons (Fsp3) is 0.400. The van der Waals surface area contributed by atoms with E-state index in [0.29, 0.717) is 0 Å². The molecule has 0 fully saturated rings. The first kappa shape index (κ1) is 12.6. The molecule has 1 rings (SSSR count). The van der Waals surface area contributed by atoms with Crippen LogP contribution in [0.1, 0.15) is 24.5 Å². The molecule has 0 saturated carbocycles. The Balaban J connectivity index is 0.000000424. The van der Waals surface area contributed by atoms with Gasteiger partial charge in [0.05, 0.1) is 0 Å². The van der Waals surface area contributed by atoms with E-state index in [-0.39, 0.29) is 0 Å². The first-order valence-corrected chi connectivity index (χ1v) is 6.34. The van der Waals surface area contributed by atoms with Crippen molar-refractivity contribution in [1.29, 1.82) is 0 Å². The summed E-state index contributed by atoms with van der Waals surface area (Å²) in [6, 6.07) is 8.58.